The first-order valence-corrected chi connectivity index (χ1v) is 11.5. The van der Waals surface area contributed by atoms with E-state index in [2.05, 4.69) is 41.9 Å². The molecule has 1 aromatic carbocycles. The molecule has 1 unspecified atom stereocenters. The standard InChI is InChI=1S/C24H29N3O2S/c1-16-8-10-19(14-17(16)2)21(28)7-5-13-27-12-4-6-20(15-27)23-25-26-24(29-23)22-11-9-18(3)30-22/h8-11,14,20H,4-7,12-13,15H2,1-3H3. The summed E-state index contributed by atoms with van der Waals surface area (Å²) < 4.78 is 6.00. The van der Waals surface area contributed by atoms with Gasteiger partial charge in [0, 0.05) is 23.4 Å². The van der Waals surface area contributed by atoms with Crippen molar-refractivity contribution in [3.05, 3.63) is 57.8 Å². The first-order chi connectivity index (χ1) is 14.5. The van der Waals surface area contributed by atoms with E-state index in [-0.39, 0.29) is 11.7 Å². The van der Waals surface area contributed by atoms with Gasteiger partial charge in [-0.1, -0.05) is 12.1 Å². The first-order valence-electron chi connectivity index (χ1n) is 10.7. The van der Waals surface area contributed by atoms with Crippen molar-refractivity contribution in [2.45, 2.75) is 52.4 Å². The highest BCUT2D eigenvalue weighted by molar-refractivity contribution is 7.15. The number of carbonyl (C=O) groups excluding carboxylic acids is 1. The predicted molar refractivity (Wildman–Crippen MR) is 120 cm³/mol. The molecule has 158 valence electrons. The molecule has 0 N–H and O–H groups in total. The molecule has 1 fully saturated rings. The van der Waals surface area contributed by atoms with E-state index in [1.807, 2.05) is 24.3 Å². The summed E-state index contributed by atoms with van der Waals surface area (Å²) in [5.74, 6) is 1.88. The van der Waals surface area contributed by atoms with E-state index in [9.17, 15) is 4.79 Å². The Bertz CT molecular complexity index is 1020. The van der Waals surface area contributed by atoms with Crippen LogP contribution >= 0.6 is 11.3 Å². The molecule has 0 bridgehead atoms. The van der Waals surface area contributed by atoms with E-state index in [4.69, 9.17) is 4.42 Å². The highest BCUT2D eigenvalue weighted by atomic mass is 32.1. The van der Waals surface area contributed by atoms with Crippen LogP contribution < -0.4 is 0 Å². The number of thiophene rings is 1. The van der Waals surface area contributed by atoms with E-state index < -0.39 is 0 Å². The molecular weight excluding hydrogens is 394 g/mol. The van der Waals surface area contributed by atoms with Crippen molar-refractivity contribution in [2.24, 2.45) is 0 Å². The Hall–Kier alpha value is -2.31. The van der Waals surface area contributed by atoms with Crippen molar-refractivity contribution in [3.63, 3.8) is 0 Å². The number of carbonyl (C=O) groups is 1. The maximum atomic E-state index is 12.5. The Morgan fingerprint density at radius 3 is 2.80 bits per heavy atom. The van der Waals surface area contributed by atoms with E-state index in [1.165, 1.54) is 16.0 Å². The molecule has 30 heavy (non-hydrogen) atoms. The van der Waals surface area contributed by atoms with Crippen LogP contribution in [0.3, 0.4) is 0 Å². The minimum absolute atomic E-state index is 0.236. The van der Waals surface area contributed by atoms with Gasteiger partial charge in [0.2, 0.25) is 5.89 Å². The SMILES string of the molecule is Cc1ccc(-c2nnc(C3CCCN(CCCC(=O)c4ccc(C)c(C)c4)C3)o2)s1. The van der Waals surface area contributed by atoms with E-state index in [0.29, 0.717) is 12.3 Å². The lowest BCUT2D eigenvalue weighted by Gasteiger charge is -2.30. The zero-order valence-corrected chi connectivity index (χ0v) is 18.8. The fraction of sp³-hybridized carbons (Fsp3) is 0.458. The van der Waals surface area contributed by atoms with Crippen LogP contribution in [0.25, 0.3) is 10.8 Å². The minimum atomic E-state index is 0.236. The summed E-state index contributed by atoms with van der Waals surface area (Å²) in [6.45, 7) is 9.13. The molecule has 1 atom stereocenters. The average Bonchev–Trinajstić information content (AvgIpc) is 3.39. The third kappa shape index (κ3) is 4.87. The van der Waals surface area contributed by atoms with Gasteiger partial charge in [-0.3, -0.25) is 4.79 Å². The lowest BCUT2D eigenvalue weighted by molar-refractivity contribution is 0.0971. The molecule has 0 spiro atoms. The quantitative estimate of drug-likeness (QED) is 0.465. The van der Waals surface area contributed by atoms with Crippen LogP contribution in [0.2, 0.25) is 0 Å². The lowest BCUT2D eigenvalue weighted by atomic mass is 9.97. The highest BCUT2D eigenvalue weighted by Crippen LogP contribution is 2.31. The Kier molecular flexibility index (Phi) is 6.44. The zero-order chi connectivity index (χ0) is 21.1. The molecule has 4 rings (SSSR count). The van der Waals surface area contributed by atoms with E-state index in [0.717, 1.165) is 55.2 Å². The van der Waals surface area contributed by atoms with Gasteiger partial charge in [0.15, 0.2) is 5.78 Å². The molecule has 2 aromatic heterocycles. The zero-order valence-electron chi connectivity index (χ0n) is 18.0. The first kappa shape index (κ1) is 20.9. The maximum absolute atomic E-state index is 12.5. The lowest BCUT2D eigenvalue weighted by Crippen LogP contribution is -2.35. The molecule has 1 saturated heterocycles. The van der Waals surface area contributed by atoms with Crippen LogP contribution in [-0.2, 0) is 0 Å². The number of hydrogen-bond donors (Lipinski definition) is 0. The van der Waals surface area contributed by atoms with Crippen LogP contribution in [0.1, 0.15) is 63.9 Å². The Labute approximate surface area is 182 Å². The smallest absolute Gasteiger partial charge is 0.257 e. The molecule has 0 aliphatic carbocycles. The molecule has 6 heteroatoms. The van der Waals surface area contributed by atoms with E-state index >= 15 is 0 Å². The van der Waals surface area contributed by atoms with Crippen LogP contribution in [0.4, 0.5) is 0 Å². The number of ketones is 1. The summed E-state index contributed by atoms with van der Waals surface area (Å²) in [7, 11) is 0. The van der Waals surface area contributed by atoms with Gasteiger partial charge in [0.1, 0.15) is 0 Å². The van der Waals surface area contributed by atoms with Crippen LogP contribution in [0, 0.1) is 20.8 Å². The molecule has 0 radical (unpaired) electrons. The fourth-order valence-corrected chi connectivity index (χ4v) is 4.82. The van der Waals surface area contributed by atoms with Crippen molar-refractivity contribution in [1.82, 2.24) is 15.1 Å². The van der Waals surface area contributed by atoms with Gasteiger partial charge >= 0.3 is 0 Å². The number of aromatic nitrogens is 2. The monoisotopic (exact) mass is 423 g/mol. The topological polar surface area (TPSA) is 59.2 Å². The number of rotatable bonds is 7. The molecule has 5 nitrogen and oxygen atoms in total. The van der Waals surface area contributed by atoms with Crippen molar-refractivity contribution in [3.8, 4) is 10.8 Å². The van der Waals surface area contributed by atoms with Crippen molar-refractivity contribution < 1.29 is 9.21 Å². The number of likely N-dealkylation sites (tertiary alicyclic amines) is 1. The molecule has 3 aromatic rings. The molecule has 0 amide bonds. The third-order valence-electron chi connectivity index (χ3n) is 5.95. The highest BCUT2D eigenvalue weighted by Gasteiger charge is 2.26. The Balaban J connectivity index is 1.29. The fourth-order valence-electron chi connectivity index (χ4n) is 4.03. The second-order valence-corrected chi connectivity index (χ2v) is 9.61. The summed E-state index contributed by atoms with van der Waals surface area (Å²) in [6.07, 6.45) is 3.66. The maximum Gasteiger partial charge on any atom is 0.257 e. The molecule has 3 heterocycles. The molecule has 0 saturated carbocycles. The second-order valence-electron chi connectivity index (χ2n) is 8.32. The summed E-state index contributed by atoms with van der Waals surface area (Å²) in [5.41, 5.74) is 3.23. The summed E-state index contributed by atoms with van der Waals surface area (Å²) in [4.78, 5) is 17.2. The summed E-state index contributed by atoms with van der Waals surface area (Å²) >= 11 is 1.68. The minimum Gasteiger partial charge on any atom is -0.420 e. The van der Waals surface area contributed by atoms with Gasteiger partial charge < -0.3 is 9.32 Å². The van der Waals surface area contributed by atoms with Crippen LogP contribution in [0.5, 0.6) is 0 Å². The molecular formula is C24H29N3O2S. The number of aryl methyl sites for hydroxylation is 3. The number of benzene rings is 1. The normalized spacial score (nSPS) is 17.4. The van der Waals surface area contributed by atoms with Gasteiger partial charge in [0.05, 0.1) is 10.8 Å². The Morgan fingerprint density at radius 1 is 1.17 bits per heavy atom. The van der Waals surface area contributed by atoms with Crippen molar-refractivity contribution >= 4 is 17.1 Å². The number of Topliss-reactive ketones (excluding diaryl/α,β-unsaturated/α-hetero) is 1. The van der Waals surface area contributed by atoms with Crippen molar-refractivity contribution in [1.29, 1.82) is 0 Å². The van der Waals surface area contributed by atoms with Gasteiger partial charge in [-0.15, -0.1) is 21.5 Å². The van der Waals surface area contributed by atoms with Crippen molar-refractivity contribution in [2.75, 3.05) is 19.6 Å². The van der Waals surface area contributed by atoms with Gasteiger partial charge in [-0.25, -0.2) is 0 Å². The third-order valence-corrected chi connectivity index (χ3v) is 6.94. The molecule has 1 aliphatic heterocycles. The van der Waals surface area contributed by atoms with Gasteiger partial charge in [0.25, 0.3) is 5.89 Å². The number of piperidine rings is 1. The summed E-state index contributed by atoms with van der Waals surface area (Å²) in [5, 5.41) is 8.60. The van der Waals surface area contributed by atoms with E-state index in [1.54, 1.807) is 11.3 Å². The van der Waals surface area contributed by atoms with Crippen LogP contribution in [-0.4, -0.2) is 40.5 Å². The second kappa shape index (κ2) is 9.23. The number of hydrogen-bond acceptors (Lipinski definition) is 6. The Morgan fingerprint density at radius 2 is 2.03 bits per heavy atom. The predicted octanol–water partition coefficient (Wildman–Crippen LogP) is 5.57. The largest absolute Gasteiger partial charge is 0.420 e. The molecule has 1 aliphatic rings. The number of nitrogens with zero attached hydrogens (tertiary/aromatic N) is 3. The van der Waals surface area contributed by atoms with Gasteiger partial charge in [-0.2, -0.15) is 0 Å². The summed E-state index contributed by atoms with van der Waals surface area (Å²) in [6, 6.07) is 10.1. The average molecular weight is 424 g/mol. The van der Waals surface area contributed by atoms with Crippen LogP contribution in [0.15, 0.2) is 34.7 Å². The van der Waals surface area contributed by atoms with Gasteiger partial charge in [-0.05, 0) is 82.4 Å².